The number of rotatable bonds is 10. The molecule has 4 rings (SSSR count). The fourth-order valence-electron chi connectivity index (χ4n) is 3.37. The van der Waals surface area contributed by atoms with Gasteiger partial charge >= 0.3 is 5.97 Å². The molecule has 33 heavy (non-hydrogen) atoms. The van der Waals surface area contributed by atoms with Gasteiger partial charge in [0.2, 0.25) is 21.1 Å². The second kappa shape index (κ2) is 9.32. The number of tetrazole rings is 1. The van der Waals surface area contributed by atoms with Crippen LogP contribution in [0.1, 0.15) is 5.69 Å². The summed E-state index contributed by atoms with van der Waals surface area (Å²) in [7, 11) is -1.58. The smallest absolute Gasteiger partial charge is 0.352 e. The minimum absolute atomic E-state index is 0.00332. The summed E-state index contributed by atoms with van der Waals surface area (Å²) in [5.41, 5.74) is 1.32. The molecule has 4 heterocycles. The van der Waals surface area contributed by atoms with Crippen molar-refractivity contribution in [3.8, 4) is 0 Å². The van der Waals surface area contributed by atoms with Crippen molar-refractivity contribution in [1.29, 1.82) is 0 Å². The predicted octanol–water partition coefficient (Wildman–Crippen LogP) is -1.15. The van der Waals surface area contributed by atoms with Crippen molar-refractivity contribution in [2.24, 2.45) is 7.05 Å². The molecule has 0 saturated carbocycles. The number of nitrogens with zero attached hydrogens (tertiary/aromatic N) is 6. The lowest BCUT2D eigenvalue weighted by Gasteiger charge is -2.49. The van der Waals surface area contributed by atoms with Gasteiger partial charge in [0.1, 0.15) is 17.1 Å². The van der Waals surface area contributed by atoms with Crippen LogP contribution in [0.25, 0.3) is 0 Å². The molecule has 4 N–H and O–H groups in total. The number of amides is 1. The van der Waals surface area contributed by atoms with Crippen molar-refractivity contribution >= 4 is 51.4 Å². The van der Waals surface area contributed by atoms with E-state index in [1.807, 2.05) is 0 Å². The van der Waals surface area contributed by atoms with E-state index in [1.54, 1.807) is 13.2 Å². The first-order valence-electron chi connectivity index (χ1n) is 9.64. The average molecular weight is 516 g/mol. The molecule has 178 valence electrons. The number of aliphatic carboxylic acids is 1. The normalized spacial score (nSPS) is 20.5. The summed E-state index contributed by atoms with van der Waals surface area (Å²) >= 11 is 2.77. The number of anilines is 1. The lowest BCUT2D eigenvalue weighted by molar-refractivity contribution is -0.147. The molecule has 0 radical (unpaired) electrons. The van der Waals surface area contributed by atoms with E-state index in [9.17, 15) is 23.1 Å². The van der Waals surface area contributed by atoms with E-state index in [0.717, 1.165) is 6.26 Å². The van der Waals surface area contributed by atoms with Crippen molar-refractivity contribution in [2.45, 2.75) is 23.0 Å². The van der Waals surface area contributed by atoms with Crippen LogP contribution in [0.3, 0.4) is 0 Å². The Morgan fingerprint density at radius 1 is 1.45 bits per heavy atom. The van der Waals surface area contributed by atoms with Gasteiger partial charge in [-0.1, -0.05) is 11.8 Å². The number of carboxylic acid groups (broad SMARTS) is 1. The van der Waals surface area contributed by atoms with Gasteiger partial charge in [-0.05, 0) is 16.0 Å². The van der Waals surface area contributed by atoms with Crippen LogP contribution in [0.15, 0.2) is 22.6 Å². The quantitative estimate of drug-likeness (QED) is 0.220. The number of H-pyrrole nitrogens is 1. The highest BCUT2D eigenvalue weighted by atomic mass is 32.2. The van der Waals surface area contributed by atoms with Crippen LogP contribution in [0, 0.1) is 0 Å². The monoisotopic (exact) mass is 515 g/mol. The molecule has 2 aliphatic rings. The lowest BCUT2D eigenvalue weighted by Crippen LogP contribution is -2.67. The van der Waals surface area contributed by atoms with Crippen molar-refractivity contribution in [3.05, 3.63) is 23.2 Å². The summed E-state index contributed by atoms with van der Waals surface area (Å²) in [6.07, 6.45) is 3.04. The Hall–Kier alpha value is -2.63. The van der Waals surface area contributed by atoms with E-state index in [1.165, 1.54) is 33.1 Å². The van der Waals surface area contributed by atoms with Crippen molar-refractivity contribution < 1.29 is 23.1 Å². The first-order valence-corrected chi connectivity index (χ1v) is 13.6. The number of β-lactam (4-membered cyclic amide) rings is 1. The molecule has 1 fully saturated rings. The second-order valence-electron chi connectivity index (χ2n) is 7.34. The fraction of sp³-hybridized carbons (Fsp3) is 0.500. The van der Waals surface area contributed by atoms with Crippen LogP contribution >= 0.6 is 23.5 Å². The summed E-state index contributed by atoms with van der Waals surface area (Å²) < 4.78 is 26.2. The molecule has 0 spiro atoms. The van der Waals surface area contributed by atoms with Gasteiger partial charge in [0.05, 0.1) is 12.5 Å². The lowest BCUT2D eigenvalue weighted by atomic mass is 10.0. The third kappa shape index (κ3) is 5.15. The zero-order chi connectivity index (χ0) is 23.8. The number of thioether (sulfide) groups is 2. The van der Waals surface area contributed by atoms with E-state index in [4.69, 9.17) is 0 Å². The zero-order valence-electron chi connectivity index (χ0n) is 17.5. The van der Waals surface area contributed by atoms with Crippen molar-refractivity contribution in [2.75, 3.05) is 29.6 Å². The maximum absolute atomic E-state index is 12.8. The van der Waals surface area contributed by atoms with Crippen LogP contribution in [0.4, 0.5) is 5.95 Å². The second-order valence-corrected chi connectivity index (χ2v) is 11.2. The Balaban J connectivity index is 1.40. The van der Waals surface area contributed by atoms with Gasteiger partial charge in [-0.15, -0.1) is 16.9 Å². The van der Waals surface area contributed by atoms with Gasteiger partial charge < -0.3 is 15.4 Å². The molecule has 1 saturated heterocycles. The molecule has 0 aromatic carbocycles. The Kier molecular flexibility index (Phi) is 6.64. The topological polar surface area (TPSA) is 188 Å². The van der Waals surface area contributed by atoms with Gasteiger partial charge in [0, 0.05) is 37.2 Å². The molecule has 0 bridgehead atoms. The third-order valence-electron chi connectivity index (χ3n) is 4.89. The minimum Gasteiger partial charge on any atom is -0.477 e. The molecule has 1 amide bonds. The van der Waals surface area contributed by atoms with Crippen LogP contribution in [0.2, 0.25) is 0 Å². The van der Waals surface area contributed by atoms with Gasteiger partial charge in [0.15, 0.2) is 0 Å². The first-order chi connectivity index (χ1) is 15.6. The summed E-state index contributed by atoms with van der Waals surface area (Å²) in [5.74, 6) is -0.352. The number of nitrogens with one attached hydrogen (secondary N) is 3. The highest BCUT2D eigenvalue weighted by Gasteiger charge is 2.53. The molecular formula is C16H21N9O5S3. The van der Waals surface area contributed by atoms with Gasteiger partial charge in [0.25, 0.3) is 5.91 Å². The maximum atomic E-state index is 12.8. The molecule has 2 aliphatic heterocycles. The molecule has 2 aromatic rings. The van der Waals surface area contributed by atoms with E-state index in [2.05, 4.69) is 35.5 Å². The zero-order valence-corrected chi connectivity index (χ0v) is 20.0. The number of imidazole rings is 1. The number of fused-ring (bicyclic) bond motifs is 1. The minimum atomic E-state index is -3.28. The summed E-state index contributed by atoms with van der Waals surface area (Å²) in [4.78, 5) is 33.3. The Morgan fingerprint density at radius 3 is 2.91 bits per heavy atom. The number of carbonyl (C=O) groups is 2. The third-order valence-corrected chi connectivity index (χ3v) is 8.05. The van der Waals surface area contributed by atoms with Gasteiger partial charge in [-0.2, -0.15) is 0 Å². The SMILES string of the molecule is Cn1nnnc1SCC1=C(C(=O)O)N2C(=O)C(Nc3ncc(CCNS(C)(=O)=O)[nH]3)[C@H]2SC1. The van der Waals surface area contributed by atoms with E-state index < -0.39 is 22.0 Å². The molecule has 2 atom stereocenters. The number of carboxylic acids is 1. The van der Waals surface area contributed by atoms with E-state index in [-0.39, 0.29) is 23.5 Å². The average Bonchev–Trinajstić information content (AvgIpc) is 3.37. The predicted molar refractivity (Wildman–Crippen MR) is 120 cm³/mol. The Morgan fingerprint density at radius 2 is 2.24 bits per heavy atom. The Bertz CT molecular complexity index is 1210. The number of hydrogen-bond donors (Lipinski definition) is 4. The Labute approximate surface area is 197 Å². The molecular weight excluding hydrogens is 494 g/mol. The van der Waals surface area contributed by atoms with Gasteiger partial charge in [-0.25, -0.2) is 27.6 Å². The summed E-state index contributed by atoms with van der Waals surface area (Å²) in [5, 5.41) is 24.2. The number of carbonyl (C=O) groups excluding carboxylic acids is 1. The van der Waals surface area contributed by atoms with Crippen molar-refractivity contribution in [1.82, 2.24) is 39.8 Å². The van der Waals surface area contributed by atoms with Crippen LogP contribution in [-0.2, 0) is 33.1 Å². The molecule has 14 nitrogen and oxygen atoms in total. The van der Waals surface area contributed by atoms with Gasteiger partial charge in [-0.3, -0.25) is 9.69 Å². The fourth-order valence-corrected chi connectivity index (χ4v) is 6.18. The number of aryl methyl sites for hydroxylation is 1. The standard InChI is InChI=1S/C16H21N9O5S3/c1-24-16(21-22-23-24)32-7-8-6-31-13-10(12(26)25(13)11(8)14(27)28)20-15-17-5-9(19-15)3-4-18-33(2,29)30/h5,10,13,18H,3-4,6-7H2,1-2H3,(H,27,28)(H2,17,19,20)/t10?,13-/m1/s1. The molecule has 1 unspecified atom stereocenters. The highest BCUT2D eigenvalue weighted by molar-refractivity contribution is 8.01. The number of hydrogen-bond acceptors (Lipinski definition) is 11. The largest absolute Gasteiger partial charge is 0.477 e. The summed E-state index contributed by atoms with van der Waals surface area (Å²) in [6, 6.07) is -0.630. The first kappa shape index (κ1) is 23.5. The molecule has 2 aromatic heterocycles. The highest BCUT2D eigenvalue weighted by Crippen LogP contribution is 2.42. The van der Waals surface area contributed by atoms with Crippen LogP contribution < -0.4 is 10.0 Å². The number of aromatic nitrogens is 6. The molecule has 17 heteroatoms. The van der Waals surface area contributed by atoms with Crippen LogP contribution in [0.5, 0.6) is 0 Å². The van der Waals surface area contributed by atoms with Crippen LogP contribution in [-0.4, -0.2) is 96.2 Å². The van der Waals surface area contributed by atoms with E-state index in [0.29, 0.717) is 40.3 Å². The molecule has 0 aliphatic carbocycles. The number of sulfonamides is 1. The van der Waals surface area contributed by atoms with Crippen molar-refractivity contribution in [3.63, 3.8) is 0 Å². The maximum Gasteiger partial charge on any atom is 0.352 e. The number of aromatic amines is 1. The summed E-state index contributed by atoms with van der Waals surface area (Å²) in [6.45, 7) is 0.215. The van der Waals surface area contributed by atoms with E-state index >= 15 is 0 Å².